The molecule has 0 aromatic carbocycles. The lowest BCUT2D eigenvalue weighted by molar-refractivity contribution is -0.160. The molecule has 4 fully saturated rings. The Hall–Kier alpha value is -1.56. The zero-order valence-corrected chi connectivity index (χ0v) is 29.2. The molecule has 44 heavy (non-hydrogen) atoms. The molecule has 5 aliphatic rings. The van der Waals surface area contributed by atoms with Gasteiger partial charge in [0.05, 0.1) is 5.60 Å². The summed E-state index contributed by atoms with van der Waals surface area (Å²) in [6, 6.07) is 0. The van der Waals surface area contributed by atoms with Crippen molar-refractivity contribution in [3.05, 3.63) is 11.6 Å². The van der Waals surface area contributed by atoms with E-state index in [2.05, 4.69) is 26.8 Å². The molecule has 3 saturated carbocycles. The van der Waals surface area contributed by atoms with Crippen LogP contribution in [-0.4, -0.2) is 50.5 Å². The van der Waals surface area contributed by atoms with Gasteiger partial charge in [0.25, 0.3) is 0 Å². The predicted octanol–water partition coefficient (Wildman–Crippen LogP) is 9.00. The molecule has 250 valence electrons. The number of carbonyl (C=O) groups excluding carboxylic acids is 1. The fourth-order valence-electron chi connectivity index (χ4n) is 11.5. The molecule has 1 heterocycles. The van der Waals surface area contributed by atoms with E-state index < -0.39 is 28.8 Å². The topological polar surface area (TPSA) is 87.1 Å². The summed E-state index contributed by atoms with van der Waals surface area (Å²) < 4.78 is 5.78. The van der Waals surface area contributed by atoms with Crippen LogP contribution >= 0.6 is 0 Å². The van der Waals surface area contributed by atoms with Crippen LogP contribution in [0.5, 0.6) is 0 Å². The molecule has 9 atom stereocenters. The van der Waals surface area contributed by atoms with Crippen molar-refractivity contribution in [1.29, 1.82) is 0 Å². The number of hydrogen-bond donors (Lipinski definition) is 2. The monoisotopic (exact) mass is 613 g/mol. The van der Waals surface area contributed by atoms with Gasteiger partial charge in [-0.1, -0.05) is 45.3 Å². The fourth-order valence-corrected chi connectivity index (χ4v) is 11.5. The number of ether oxygens (including phenoxy) is 1. The molecule has 1 saturated heterocycles. The lowest BCUT2D eigenvalue weighted by Gasteiger charge is -2.60. The number of rotatable bonds is 7. The zero-order valence-electron chi connectivity index (χ0n) is 29.2. The summed E-state index contributed by atoms with van der Waals surface area (Å²) >= 11 is 0. The molecule has 2 unspecified atom stereocenters. The summed E-state index contributed by atoms with van der Waals surface area (Å²) in [4.78, 5) is 28.2. The van der Waals surface area contributed by atoms with Gasteiger partial charge in [0.1, 0.15) is 11.1 Å². The van der Waals surface area contributed by atoms with Crippen LogP contribution in [0.3, 0.4) is 0 Å². The van der Waals surface area contributed by atoms with E-state index in [-0.39, 0.29) is 11.3 Å². The zero-order chi connectivity index (χ0) is 32.3. The second-order valence-electron chi connectivity index (χ2n) is 17.9. The maximum Gasteiger partial charge on any atom is 0.411 e. The van der Waals surface area contributed by atoms with Gasteiger partial charge in [-0.05, 0) is 158 Å². The van der Waals surface area contributed by atoms with Crippen LogP contribution in [0.4, 0.5) is 4.79 Å². The van der Waals surface area contributed by atoms with Gasteiger partial charge in [-0.3, -0.25) is 4.90 Å². The first-order valence-corrected chi connectivity index (χ1v) is 18.1. The Balaban J connectivity index is 1.34. The minimum absolute atomic E-state index is 0.0850. The van der Waals surface area contributed by atoms with Gasteiger partial charge in [-0.15, -0.1) is 0 Å². The third-order valence-corrected chi connectivity index (χ3v) is 13.6. The van der Waals surface area contributed by atoms with Crippen LogP contribution in [-0.2, 0) is 9.53 Å². The molecule has 1 amide bonds. The van der Waals surface area contributed by atoms with Gasteiger partial charge >= 0.3 is 12.1 Å². The number of carboxylic acids is 1. The molecular formula is C38H63NO5. The maximum absolute atomic E-state index is 13.4. The maximum atomic E-state index is 13.4. The largest absolute Gasteiger partial charge is 0.479 e. The highest BCUT2D eigenvalue weighted by atomic mass is 16.6. The van der Waals surface area contributed by atoms with Crippen molar-refractivity contribution in [2.45, 2.75) is 162 Å². The molecule has 0 radical (unpaired) electrons. The Morgan fingerprint density at radius 2 is 1.75 bits per heavy atom. The number of nitrogens with zero attached hydrogens (tertiary/aromatic N) is 1. The highest BCUT2D eigenvalue weighted by molar-refractivity contribution is 5.85. The molecule has 4 aliphatic carbocycles. The van der Waals surface area contributed by atoms with Crippen LogP contribution in [0.1, 0.15) is 145 Å². The highest BCUT2D eigenvalue weighted by Gasteiger charge is 2.62. The summed E-state index contributed by atoms with van der Waals surface area (Å²) in [5.41, 5.74) is -0.419. The third kappa shape index (κ3) is 5.99. The Kier molecular flexibility index (Phi) is 9.15. The van der Waals surface area contributed by atoms with Crippen molar-refractivity contribution in [2.24, 2.45) is 46.3 Å². The third-order valence-electron chi connectivity index (χ3n) is 13.6. The van der Waals surface area contributed by atoms with Crippen LogP contribution in [0.2, 0.25) is 0 Å². The predicted molar refractivity (Wildman–Crippen MR) is 175 cm³/mol. The normalized spacial score (nSPS) is 39.9. The van der Waals surface area contributed by atoms with Crippen molar-refractivity contribution < 1.29 is 24.5 Å². The molecule has 0 spiro atoms. The van der Waals surface area contributed by atoms with Crippen molar-refractivity contribution >= 4 is 12.1 Å². The lowest BCUT2D eigenvalue weighted by atomic mass is 9.46. The molecule has 6 heteroatoms. The van der Waals surface area contributed by atoms with Gasteiger partial charge in [0.15, 0.2) is 0 Å². The number of aliphatic carboxylic acids is 1. The Labute approximate surface area is 267 Å². The number of carbonyl (C=O) groups is 2. The average molecular weight is 614 g/mol. The van der Waals surface area contributed by atoms with E-state index in [4.69, 9.17) is 4.74 Å². The van der Waals surface area contributed by atoms with E-state index in [1.54, 1.807) is 4.90 Å². The first-order chi connectivity index (χ1) is 20.4. The number of allylic oxidation sites excluding steroid dienone is 2. The quantitative estimate of drug-likeness (QED) is 0.280. The first-order valence-electron chi connectivity index (χ1n) is 18.1. The average Bonchev–Trinajstić information content (AvgIpc) is 3.28. The summed E-state index contributed by atoms with van der Waals surface area (Å²) in [7, 11) is 0. The number of fused-ring (bicyclic) bond motifs is 5. The van der Waals surface area contributed by atoms with Crippen molar-refractivity contribution in [3.8, 4) is 0 Å². The summed E-state index contributed by atoms with van der Waals surface area (Å²) in [6.45, 7) is 17.5. The van der Waals surface area contributed by atoms with Crippen molar-refractivity contribution in [2.75, 3.05) is 6.54 Å². The van der Waals surface area contributed by atoms with E-state index in [1.165, 1.54) is 37.7 Å². The number of likely N-dealkylation sites (tertiary alicyclic amines) is 1. The Bertz CT molecular complexity index is 1120. The van der Waals surface area contributed by atoms with Gasteiger partial charge in [-0.25, -0.2) is 9.59 Å². The lowest BCUT2D eigenvalue weighted by Crippen LogP contribution is -2.65. The van der Waals surface area contributed by atoms with Gasteiger partial charge in [0, 0.05) is 6.54 Å². The molecular weight excluding hydrogens is 550 g/mol. The van der Waals surface area contributed by atoms with Gasteiger partial charge in [0.2, 0.25) is 0 Å². The van der Waals surface area contributed by atoms with Crippen LogP contribution in [0.15, 0.2) is 11.6 Å². The minimum atomic E-state index is -1.19. The fraction of sp³-hybridized carbons (Fsp3) is 0.895. The molecule has 0 aromatic heterocycles. The second kappa shape index (κ2) is 11.9. The Morgan fingerprint density at radius 1 is 1.02 bits per heavy atom. The van der Waals surface area contributed by atoms with Gasteiger partial charge < -0.3 is 14.9 Å². The number of amides is 1. The van der Waals surface area contributed by atoms with Crippen LogP contribution < -0.4 is 0 Å². The standard InChI is InChI=1S/C38H63NO5/c1-25(12-11-19-35(5,6)43)29-15-16-30-28-14-13-26-24-27(17-21-36(26,7)31(28)18-22-37(29,30)8)38(32(40)41)20-9-10-23-39(38)33(42)44-34(2,3)4/h13,25,27-31,43H,9-12,14-24H2,1-8H3,(H,40,41)/t25?,27-,28-,29+,30-,31-,36-,37+,38?/m0/s1. The molecule has 6 nitrogen and oxygen atoms in total. The van der Waals surface area contributed by atoms with Crippen molar-refractivity contribution in [1.82, 2.24) is 4.90 Å². The molecule has 2 N–H and O–H groups in total. The summed E-state index contributed by atoms with van der Waals surface area (Å²) in [6.07, 6.45) is 16.5. The second-order valence-corrected chi connectivity index (χ2v) is 17.9. The Morgan fingerprint density at radius 3 is 2.41 bits per heavy atom. The number of piperidine rings is 1. The van der Waals surface area contributed by atoms with Gasteiger partial charge in [-0.2, -0.15) is 0 Å². The molecule has 0 bridgehead atoms. The molecule has 1 aliphatic heterocycles. The minimum Gasteiger partial charge on any atom is -0.479 e. The summed E-state index contributed by atoms with van der Waals surface area (Å²) in [5, 5.41) is 21.1. The highest BCUT2D eigenvalue weighted by Crippen LogP contribution is 2.68. The van der Waals surface area contributed by atoms with E-state index in [9.17, 15) is 19.8 Å². The van der Waals surface area contributed by atoms with Crippen LogP contribution in [0, 0.1) is 46.3 Å². The molecule has 5 rings (SSSR count). The first kappa shape index (κ1) is 33.8. The number of aliphatic hydroxyl groups is 1. The van der Waals surface area contributed by atoms with E-state index in [0.29, 0.717) is 36.1 Å². The molecule has 0 aromatic rings. The van der Waals surface area contributed by atoms with E-state index >= 15 is 0 Å². The summed E-state index contributed by atoms with van der Waals surface area (Å²) in [5.74, 6) is 2.67. The smallest absolute Gasteiger partial charge is 0.411 e. The van der Waals surface area contributed by atoms with E-state index in [1.807, 2.05) is 34.6 Å². The van der Waals surface area contributed by atoms with Crippen molar-refractivity contribution in [3.63, 3.8) is 0 Å². The SMILES string of the molecule is CC(CCCC(C)(C)O)[C@H]1CC[C@H]2[C@@H]3CC=C4C[C@@H](C5(C(=O)O)CCCCN5C(=O)OC(C)(C)C)CC[C@]4(C)[C@H]3CC[C@]12C. The number of carboxylic acid groups (broad SMARTS) is 1. The van der Waals surface area contributed by atoms with Crippen LogP contribution in [0.25, 0.3) is 0 Å². The van der Waals surface area contributed by atoms with E-state index in [0.717, 1.165) is 63.2 Å². The number of hydrogen-bond acceptors (Lipinski definition) is 4.